The number of hydrogen-bond donors (Lipinski definition) is 2. The molecule has 0 rings (SSSR count). The molecule has 7 heteroatoms. The van der Waals surface area contributed by atoms with E-state index in [1.807, 2.05) is 21.1 Å². The van der Waals surface area contributed by atoms with Gasteiger partial charge in [-0.1, -0.05) is 83.3 Å². The highest BCUT2D eigenvalue weighted by molar-refractivity contribution is 7.47. The van der Waals surface area contributed by atoms with Gasteiger partial charge in [0.2, 0.25) is 0 Å². The second-order valence-corrected chi connectivity index (χ2v) is 11.8. The molecule has 0 aliphatic carbocycles. The van der Waals surface area contributed by atoms with E-state index >= 15 is 0 Å². The fourth-order valence-electron chi connectivity index (χ4n) is 3.57. The summed E-state index contributed by atoms with van der Waals surface area (Å²) in [5, 5.41) is 9.53. The Bertz CT molecular complexity index is 507. The van der Waals surface area contributed by atoms with Crippen LogP contribution < -0.4 is 0 Å². The molecule has 0 aliphatic heterocycles. The smallest absolute Gasteiger partial charge is 0.396 e. The minimum atomic E-state index is -4.05. The van der Waals surface area contributed by atoms with E-state index in [4.69, 9.17) is 9.05 Å². The molecular weight excluding hydrogens is 437 g/mol. The summed E-state index contributed by atoms with van der Waals surface area (Å²) in [5.74, 6) is -0.121. The number of likely N-dealkylation sites (N-methyl/N-ethyl adjacent to an activating group) is 1. The Morgan fingerprint density at radius 3 is 1.85 bits per heavy atom. The van der Waals surface area contributed by atoms with Crippen molar-refractivity contribution in [1.82, 2.24) is 0 Å². The largest absolute Gasteiger partial charge is 0.472 e. The van der Waals surface area contributed by atoms with Crippen molar-refractivity contribution in [3.8, 4) is 0 Å². The van der Waals surface area contributed by atoms with Crippen molar-refractivity contribution in [2.45, 2.75) is 103 Å². The third-order valence-corrected chi connectivity index (χ3v) is 6.86. The summed E-state index contributed by atoms with van der Waals surface area (Å²) in [7, 11) is 1.92. The number of hydrogen-bond acceptors (Lipinski definition) is 4. The zero-order valence-corrected chi connectivity index (χ0v) is 23.1. The van der Waals surface area contributed by atoms with E-state index in [2.05, 4.69) is 19.1 Å². The molecule has 0 saturated heterocycles. The van der Waals surface area contributed by atoms with Crippen molar-refractivity contribution in [2.75, 3.05) is 47.5 Å². The van der Waals surface area contributed by atoms with Gasteiger partial charge in [0.15, 0.2) is 0 Å². The number of aliphatic hydroxyl groups is 1. The van der Waals surface area contributed by atoms with Crippen LogP contribution in [0.3, 0.4) is 0 Å². The van der Waals surface area contributed by atoms with Gasteiger partial charge in [0, 0.05) is 12.5 Å². The van der Waals surface area contributed by atoms with Crippen LogP contribution in [0.1, 0.15) is 103 Å². The first kappa shape index (κ1) is 32.8. The minimum Gasteiger partial charge on any atom is -0.396 e. The number of unbranched alkanes of at least 4 members (excludes halogenated alkanes) is 12. The van der Waals surface area contributed by atoms with Crippen molar-refractivity contribution in [3.05, 3.63) is 12.2 Å². The Kier molecular flexibility index (Phi) is 20.9. The topological polar surface area (TPSA) is 76.0 Å². The Labute approximate surface area is 205 Å². The summed E-state index contributed by atoms with van der Waals surface area (Å²) in [4.78, 5) is 9.79. The minimum absolute atomic E-state index is 0.0377. The number of phosphoric ester groups is 1. The van der Waals surface area contributed by atoms with E-state index in [-0.39, 0.29) is 25.7 Å². The lowest BCUT2D eigenvalue weighted by atomic mass is 10.0. The first-order valence-electron chi connectivity index (χ1n) is 13.4. The normalized spacial score (nSPS) is 15.2. The van der Waals surface area contributed by atoms with Gasteiger partial charge >= 0.3 is 7.82 Å². The average Bonchev–Trinajstić information content (AvgIpc) is 2.74. The van der Waals surface area contributed by atoms with Crippen LogP contribution in [0.2, 0.25) is 0 Å². The van der Waals surface area contributed by atoms with Gasteiger partial charge in [-0.2, -0.15) is 0 Å². The Balaban J connectivity index is 3.61. The predicted octanol–water partition coefficient (Wildman–Crippen LogP) is 6.86. The van der Waals surface area contributed by atoms with Crippen LogP contribution in [0, 0.1) is 5.92 Å². The molecule has 0 saturated carbocycles. The molecule has 0 bridgehead atoms. The Hall–Kier alpha value is -0.230. The quantitative estimate of drug-likeness (QED) is 0.0666. The fourth-order valence-corrected chi connectivity index (χ4v) is 4.36. The summed E-state index contributed by atoms with van der Waals surface area (Å²) in [6, 6.07) is 0. The summed E-state index contributed by atoms with van der Waals surface area (Å²) in [5.41, 5.74) is 0. The zero-order chi connectivity index (χ0) is 24.8. The molecule has 0 aromatic rings. The van der Waals surface area contributed by atoms with Crippen LogP contribution in [0.4, 0.5) is 0 Å². The van der Waals surface area contributed by atoms with Crippen molar-refractivity contribution in [1.29, 1.82) is 0 Å². The van der Waals surface area contributed by atoms with E-state index in [1.165, 1.54) is 77.0 Å². The van der Waals surface area contributed by atoms with Crippen LogP contribution in [0.25, 0.3) is 0 Å². The molecule has 0 fully saturated rings. The molecule has 0 aromatic carbocycles. The molecule has 0 spiro atoms. The highest BCUT2D eigenvalue weighted by Gasteiger charge is 2.24. The first-order valence-corrected chi connectivity index (χ1v) is 14.9. The number of phosphoric acid groups is 1. The maximum Gasteiger partial charge on any atom is 0.472 e. The van der Waals surface area contributed by atoms with Crippen molar-refractivity contribution >= 4 is 7.82 Å². The van der Waals surface area contributed by atoms with Crippen LogP contribution >= 0.6 is 7.82 Å². The SMILES string of the molecule is CCCCCCCCC=CCCCCCCCCC(CO)COP(=O)(O)OCC[N+](C)(C)C. The van der Waals surface area contributed by atoms with E-state index in [0.29, 0.717) is 11.0 Å². The Morgan fingerprint density at radius 1 is 0.818 bits per heavy atom. The highest BCUT2D eigenvalue weighted by atomic mass is 31.2. The molecule has 2 unspecified atom stereocenters. The molecule has 2 N–H and O–H groups in total. The summed E-state index contributed by atoms with van der Waals surface area (Å²) in [6.45, 7) is 3.06. The first-order chi connectivity index (χ1) is 15.7. The number of aliphatic hydroxyl groups excluding tert-OH is 1. The highest BCUT2D eigenvalue weighted by Crippen LogP contribution is 2.43. The molecule has 2 atom stereocenters. The maximum absolute atomic E-state index is 12.0. The van der Waals surface area contributed by atoms with Gasteiger partial charge in [-0.25, -0.2) is 4.57 Å². The Morgan fingerprint density at radius 2 is 1.33 bits per heavy atom. The summed E-state index contributed by atoms with van der Waals surface area (Å²) in [6.07, 6.45) is 23.2. The predicted molar refractivity (Wildman–Crippen MR) is 139 cm³/mol. The fraction of sp³-hybridized carbons (Fsp3) is 0.923. The van der Waals surface area contributed by atoms with Gasteiger partial charge in [-0.3, -0.25) is 9.05 Å². The second kappa shape index (κ2) is 21.1. The third-order valence-electron chi connectivity index (χ3n) is 5.87. The van der Waals surface area contributed by atoms with Gasteiger partial charge in [0.1, 0.15) is 13.2 Å². The lowest BCUT2D eigenvalue weighted by Crippen LogP contribution is -2.37. The van der Waals surface area contributed by atoms with E-state index in [0.717, 1.165) is 19.3 Å². The van der Waals surface area contributed by atoms with E-state index in [1.54, 1.807) is 0 Å². The van der Waals surface area contributed by atoms with Gasteiger partial charge in [0.25, 0.3) is 0 Å². The van der Waals surface area contributed by atoms with E-state index in [9.17, 15) is 14.6 Å². The zero-order valence-electron chi connectivity index (χ0n) is 22.2. The summed E-state index contributed by atoms with van der Waals surface area (Å²) < 4.78 is 22.7. The summed E-state index contributed by atoms with van der Waals surface area (Å²) >= 11 is 0. The van der Waals surface area contributed by atoms with Crippen molar-refractivity contribution in [2.24, 2.45) is 5.92 Å². The van der Waals surface area contributed by atoms with Gasteiger partial charge < -0.3 is 14.5 Å². The molecule has 0 heterocycles. The van der Waals surface area contributed by atoms with Crippen LogP contribution in [0.15, 0.2) is 12.2 Å². The number of rotatable bonds is 24. The molecule has 0 amide bonds. The average molecular weight is 493 g/mol. The monoisotopic (exact) mass is 492 g/mol. The van der Waals surface area contributed by atoms with Crippen LogP contribution in [0.5, 0.6) is 0 Å². The maximum atomic E-state index is 12.0. The molecular formula is C26H55NO5P+. The number of nitrogens with zero attached hydrogens (tertiary/aromatic N) is 1. The molecule has 0 radical (unpaired) electrons. The van der Waals surface area contributed by atoms with Gasteiger partial charge in [-0.05, 0) is 32.1 Å². The molecule has 198 valence electrons. The number of quaternary nitrogens is 1. The van der Waals surface area contributed by atoms with Crippen LogP contribution in [-0.4, -0.2) is 62.0 Å². The van der Waals surface area contributed by atoms with Crippen molar-refractivity contribution < 1.29 is 28.1 Å². The molecule has 0 aliphatic rings. The third kappa shape index (κ3) is 24.7. The van der Waals surface area contributed by atoms with Gasteiger partial charge in [0.05, 0.1) is 27.7 Å². The second-order valence-electron chi connectivity index (χ2n) is 10.4. The lowest BCUT2D eigenvalue weighted by Gasteiger charge is -2.24. The molecule has 33 heavy (non-hydrogen) atoms. The standard InChI is InChI=1S/C26H54NO5P/c1-5-6-7-8-9-10-11-12-13-14-15-16-17-18-19-20-21-26(24-28)25-32-33(29,30)31-23-22-27(2,3)4/h12-13,26,28H,5-11,14-25H2,1-4H3/p+1. The van der Waals surface area contributed by atoms with Crippen LogP contribution in [-0.2, 0) is 13.6 Å². The molecule has 6 nitrogen and oxygen atoms in total. The van der Waals surface area contributed by atoms with Crippen molar-refractivity contribution in [3.63, 3.8) is 0 Å². The number of allylic oxidation sites excluding steroid dienone is 2. The van der Waals surface area contributed by atoms with E-state index < -0.39 is 7.82 Å². The van der Waals surface area contributed by atoms with Gasteiger partial charge in [-0.15, -0.1) is 0 Å². The molecule has 0 aromatic heterocycles. The lowest BCUT2D eigenvalue weighted by molar-refractivity contribution is -0.870.